The summed E-state index contributed by atoms with van der Waals surface area (Å²) >= 11 is 6.01. The van der Waals surface area contributed by atoms with E-state index in [1.807, 2.05) is 12.1 Å². The second-order valence-electron chi connectivity index (χ2n) is 7.05. The van der Waals surface area contributed by atoms with E-state index < -0.39 is 0 Å². The van der Waals surface area contributed by atoms with E-state index >= 15 is 0 Å². The number of halogens is 1. The van der Waals surface area contributed by atoms with Crippen LogP contribution in [0.4, 0.5) is 0 Å². The Morgan fingerprint density at radius 1 is 1.00 bits per heavy atom. The van der Waals surface area contributed by atoms with Crippen LogP contribution < -0.4 is 5.32 Å². The predicted molar refractivity (Wildman–Crippen MR) is 88.1 cm³/mol. The highest BCUT2D eigenvalue weighted by atomic mass is 35.5. The van der Waals surface area contributed by atoms with Gasteiger partial charge in [0.05, 0.1) is 0 Å². The van der Waals surface area contributed by atoms with E-state index in [1.165, 1.54) is 24.8 Å². The lowest BCUT2D eigenvalue weighted by atomic mass is 9.79. The summed E-state index contributed by atoms with van der Waals surface area (Å²) < 4.78 is 0. The lowest BCUT2D eigenvalue weighted by Gasteiger charge is -2.36. The van der Waals surface area contributed by atoms with Gasteiger partial charge in [0.2, 0.25) is 0 Å². The molecule has 2 heteroatoms. The molecule has 0 bridgehead atoms. The molecule has 0 aromatic heterocycles. The van der Waals surface area contributed by atoms with Gasteiger partial charge < -0.3 is 5.32 Å². The van der Waals surface area contributed by atoms with Crippen LogP contribution in [0.15, 0.2) is 24.3 Å². The third-order valence-electron chi connectivity index (χ3n) is 4.49. The Labute approximate surface area is 129 Å². The van der Waals surface area contributed by atoms with E-state index in [0.717, 1.165) is 16.9 Å². The summed E-state index contributed by atoms with van der Waals surface area (Å²) in [6, 6.07) is 9.40. The third-order valence-corrected chi connectivity index (χ3v) is 4.74. The Hall–Kier alpha value is -0.530. The van der Waals surface area contributed by atoms with Crippen LogP contribution in [0.5, 0.6) is 0 Å². The normalized spacial score (nSPS) is 28.6. The fourth-order valence-electron chi connectivity index (χ4n) is 3.68. The van der Waals surface area contributed by atoms with E-state index in [2.05, 4.69) is 45.1 Å². The van der Waals surface area contributed by atoms with E-state index in [0.29, 0.717) is 18.0 Å². The molecule has 0 saturated heterocycles. The average molecular weight is 294 g/mol. The minimum absolute atomic E-state index is 0.426. The van der Waals surface area contributed by atoms with Gasteiger partial charge in [0.15, 0.2) is 0 Å². The summed E-state index contributed by atoms with van der Waals surface area (Å²) in [6.07, 6.45) is 3.99. The molecule has 1 aromatic carbocycles. The molecule has 112 valence electrons. The van der Waals surface area contributed by atoms with Crippen molar-refractivity contribution in [1.82, 2.24) is 5.32 Å². The molecule has 3 unspecified atom stereocenters. The molecule has 3 atom stereocenters. The first kappa shape index (κ1) is 15.9. The fourth-order valence-corrected chi connectivity index (χ4v) is 3.81. The van der Waals surface area contributed by atoms with Crippen molar-refractivity contribution in [1.29, 1.82) is 0 Å². The molecular weight excluding hydrogens is 266 g/mol. The third kappa shape index (κ3) is 4.23. The summed E-state index contributed by atoms with van der Waals surface area (Å²) in [7, 11) is 0. The highest BCUT2D eigenvalue weighted by Crippen LogP contribution is 2.32. The molecule has 0 amide bonds. The van der Waals surface area contributed by atoms with Gasteiger partial charge in [-0.1, -0.05) is 51.4 Å². The molecule has 1 aliphatic carbocycles. The first-order chi connectivity index (χ1) is 9.45. The lowest BCUT2D eigenvalue weighted by molar-refractivity contribution is 0.213. The van der Waals surface area contributed by atoms with Crippen LogP contribution in [0.2, 0.25) is 5.02 Å². The molecule has 1 aliphatic rings. The molecule has 1 aromatic rings. The van der Waals surface area contributed by atoms with Crippen molar-refractivity contribution in [2.75, 3.05) is 0 Å². The van der Waals surface area contributed by atoms with Crippen molar-refractivity contribution in [3.63, 3.8) is 0 Å². The maximum Gasteiger partial charge on any atom is 0.0406 e. The Bertz CT molecular complexity index is 402. The van der Waals surface area contributed by atoms with Crippen LogP contribution in [0.1, 0.15) is 58.6 Å². The zero-order chi connectivity index (χ0) is 14.7. The van der Waals surface area contributed by atoms with Gasteiger partial charge >= 0.3 is 0 Å². The highest BCUT2D eigenvalue weighted by Gasteiger charge is 2.27. The van der Waals surface area contributed by atoms with E-state index in [4.69, 9.17) is 11.6 Å². The molecule has 1 fully saturated rings. The molecule has 1 nitrogen and oxygen atoms in total. The smallest absolute Gasteiger partial charge is 0.0406 e. The first-order valence-electron chi connectivity index (χ1n) is 7.97. The van der Waals surface area contributed by atoms with E-state index in [9.17, 15) is 0 Å². The number of rotatable bonds is 4. The molecule has 1 saturated carbocycles. The van der Waals surface area contributed by atoms with Gasteiger partial charge in [0, 0.05) is 17.1 Å². The molecule has 2 rings (SSSR count). The number of nitrogens with one attached hydrogen (secondary N) is 1. The van der Waals surface area contributed by atoms with Gasteiger partial charge in [-0.25, -0.2) is 0 Å². The second kappa shape index (κ2) is 6.95. The quantitative estimate of drug-likeness (QED) is 0.778. The van der Waals surface area contributed by atoms with Crippen LogP contribution >= 0.6 is 11.6 Å². The summed E-state index contributed by atoms with van der Waals surface area (Å²) in [6.45, 7) is 9.36. The topological polar surface area (TPSA) is 12.0 Å². The van der Waals surface area contributed by atoms with Crippen LogP contribution in [0, 0.1) is 17.8 Å². The van der Waals surface area contributed by atoms with E-state index in [-0.39, 0.29) is 0 Å². The predicted octanol–water partition coefficient (Wildman–Crippen LogP) is 5.45. The van der Waals surface area contributed by atoms with Gasteiger partial charge in [0.25, 0.3) is 0 Å². The van der Waals surface area contributed by atoms with Crippen molar-refractivity contribution in [3.8, 4) is 0 Å². The minimum atomic E-state index is 0.426. The maximum absolute atomic E-state index is 6.01. The molecule has 0 spiro atoms. The zero-order valence-corrected chi connectivity index (χ0v) is 14.0. The van der Waals surface area contributed by atoms with Gasteiger partial charge in [-0.3, -0.25) is 0 Å². The largest absolute Gasteiger partial charge is 0.307 e. The summed E-state index contributed by atoms with van der Waals surface area (Å²) in [5.41, 5.74) is 1.36. The summed E-state index contributed by atoms with van der Waals surface area (Å²) in [5, 5.41) is 4.72. The maximum atomic E-state index is 6.01. The standard InChI is InChI=1S/C18H28ClN/c1-12(2)18(15-5-7-16(19)8-6-15)20-17-10-13(3)9-14(4)11-17/h5-8,12-14,17-18,20H,9-11H2,1-4H3. The lowest BCUT2D eigenvalue weighted by Crippen LogP contribution is -2.40. The molecule has 20 heavy (non-hydrogen) atoms. The minimum Gasteiger partial charge on any atom is -0.307 e. The van der Waals surface area contributed by atoms with Crippen LogP contribution in [0.3, 0.4) is 0 Å². The molecule has 0 radical (unpaired) electrons. The SMILES string of the molecule is CC1CC(C)CC(NC(c2ccc(Cl)cc2)C(C)C)C1. The Morgan fingerprint density at radius 3 is 2.05 bits per heavy atom. The zero-order valence-electron chi connectivity index (χ0n) is 13.2. The van der Waals surface area contributed by atoms with Crippen LogP contribution in [0.25, 0.3) is 0 Å². The Morgan fingerprint density at radius 2 is 1.55 bits per heavy atom. The summed E-state index contributed by atoms with van der Waals surface area (Å²) in [5.74, 6) is 2.27. The first-order valence-corrected chi connectivity index (χ1v) is 8.35. The number of hydrogen-bond donors (Lipinski definition) is 1. The Balaban J connectivity index is 2.07. The highest BCUT2D eigenvalue weighted by molar-refractivity contribution is 6.30. The molecule has 0 heterocycles. The molecular formula is C18H28ClN. The Kier molecular flexibility index (Phi) is 5.51. The van der Waals surface area contributed by atoms with Crippen molar-refractivity contribution in [2.45, 2.75) is 59.0 Å². The van der Waals surface area contributed by atoms with Gasteiger partial charge in [0.1, 0.15) is 0 Å². The van der Waals surface area contributed by atoms with Gasteiger partial charge in [-0.2, -0.15) is 0 Å². The molecule has 0 aliphatic heterocycles. The van der Waals surface area contributed by atoms with Crippen molar-refractivity contribution >= 4 is 11.6 Å². The monoisotopic (exact) mass is 293 g/mol. The fraction of sp³-hybridized carbons (Fsp3) is 0.667. The van der Waals surface area contributed by atoms with E-state index in [1.54, 1.807) is 0 Å². The van der Waals surface area contributed by atoms with Gasteiger partial charge in [-0.05, 0) is 54.7 Å². The molecule has 1 N–H and O–H groups in total. The van der Waals surface area contributed by atoms with Crippen LogP contribution in [-0.4, -0.2) is 6.04 Å². The average Bonchev–Trinajstić information content (AvgIpc) is 2.36. The summed E-state index contributed by atoms with van der Waals surface area (Å²) in [4.78, 5) is 0. The number of hydrogen-bond acceptors (Lipinski definition) is 1. The second-order valence-corrected chi connectivity index (χ2v) is 7.49. The van der Waals surface area contributed by atoms with Crippen molar-refractivity contribution in [2.24, 2.45) is 17.8 Å². The van der Waals surface area contributed by atoms with Crippen molar-refractivity contribution in [3.05, 3.63) is 34.9 Å². The van der Waals surface area contributed by atoms with Gasteiger partial charge in [-0.15, -0.1) is 0 Å². The van der Waals surface area contributed by atoms with Crippen molar-refractivity contribution < 1.29 is 0 Å². The van der Waals surface area contributed by atoms with Crippen LogP contribution in [-0.2, 0) is 0 Å². The number of benzene rings is 1.